The molecule has 0 aliphatic rings. The lowest BCUT2D eigenvalue weighted by atomic mass is 10.1. The van der Waals surface area contributed by atoms with Crippen LogP contribution in [-0.2, 0) is 20.9 Å². The first-order valence-electron chi connectivity index (χ1n) is 10.9. The molecule has 2 heterocycles. The quantitative estimate of drug-likeness (QED) is 0.359. The van der Waals surface area contributed by atoms with Crippen molar-refractivity contribution in [2.24, 2.45) is 0 Å². The van der Waals surface area contributed by atoms with Gasteiger partial charge in [-0.05, 0) is 30.2 Å². The summed E-state index contributed by atoms with van der Waals surface area (Å²) in [4.78, 5) is 36.9. The van der Waals surface area contributed by atoms with E-state index in [1.54, 1.807) is 24.2 Å². The van der Waals surface area contributed by atoms with Gasteiger partial charge in [0, 0.05) is 56.1 Å². The first-order chi connectivity index (χ1) is 16.8. The summed E-state index contributed by atoms with van der Waals surface area (Å²) in [7, 11) is 0. The highest BCUT2D eigenvalue weighted by Crippen LogP contribution is 2.26. The molecule has 1 aromatic carbocycles. The first-order valence-corrected chi connectivity index (χ1v) is 10.9. The van der Waals surface area contributed by atoms with Crippen LogP contribution in [0.5, 0.6) is 0 Å². The van der Waals surface area contributed by atoms with Crippen LogP contribution in [-0.4, -0.2) is 55.7 Å². The summed E-state index contributed by atoms with van der Waals surface area (Å²) in [5, 5.41) is 19.0. The molecule has 182 valence electrons. The number of para-hydroxylation sites is 1. The Morgan fingerprint density at radius 3 is 2.26 bits per heavy atom. The number of hydrogen-bond donors (Lipinski definition) is 2. The predicted molar refractivity (Wildman–Crippen MR) is 134 cm³/mol. The molecule has 3 aromatic rings. The van der Waals surface area contributed by atoms with E-state index in [0.717, 1.165) is 35.1 Å². The summed E-state index contributed by atoms with van der Waals surface area (Å²) in [6.07, 6.45) is 13.3. The van der Waals surface area contributed by atoms with Crippen LogP contribution in [0.2, 0.25) is 0 Å². The lowest BCUT2D eigenvalue weighted by Crippen LogP contribution is -2.30. The third-order valence-electron chi connectivity index (χ3n) is 4.89. The van der Waals surface area contributed by atoms with E-state index in [0.29, 0.717) is 25.2 Å². The fourth-order valence-electron chi connectivity index (χ4n) is 3.38. The van der Waals surface area contributed by atoms with Gasteiger partial charge in [0.2, 0.25) is 5.91 Å². The van der Waals surface area contributed by atoms with Crippen molar-refractivity contribution in [1.82, 2.24) is 14.6 Å². The van der Waals surface area contributed by atoms with Gasteiger partial charge < -0.3 is 15.1 Å². The standard InChI is InChI=1S/C22H24N4O.C4H4O4/c1-4-14-24(18(3)27)16-19-17-26(22-9-7-6-8-21(19)22)25(15-5-2)20-10-12-23-13-11-20;5-3(6)1-2-4(7)8/h1,6-13,17H,5,14-16H2,2-3H3;1-2H,(H,5,6)(H,7,8). The van der Waals surface area contributed by atoms with Crippen LogP contribution in [0.3, 0.4) is 0 Å². The van der Waals surface area contributed by atoms with E-state index in [1.807, 2.05) is 24.3 Å². The third-order valence-corrected chi connectivity index (χ3v) is 4.89. The zero-order chi connectivity index (χ0) is 25.8. The highest BCUT2D eigenvalue weighted by Gasteiger charge is 2.17. The number of amides is 1. The molecule has 0 aliphatic heterocycles. The molecule has 0 atom stereocenters. The molecule has 0 bridgehead atoms. The molecule has 0 radical (unpaired) electrons. The number of carbonyl (C=O) groups excluding carboxylic acids is 1. The van der Waals surface area contributed by atoms with Gasteiger partial charge in [-0.15, -0.1) is 6.42 Å². The molecule has 1 amide bonds. The second kappa shape index (κ2) is 13.2. The van der Waals surface area contributed by atoms with E-state index >= 15 is 0 Å². The number of terminal acetylenes is 1. The maximum Gasteiger partial charge on any atom is 0.328 e. The third kappa shape index (κ3) is 7.75. The van der Waals surface area contributed by atoms with E-state index in [1.165, 1.54) is 0 Å². The Hall–Kier alpha value is -4.58. The average Bonchev–Trinajstić information content (AvgIpc) is 3.20. The first kappa shape index (κ1) is 26.7. The lowest BCUT2D eigenvalue weighted by Gasteiger charge is -2.26. The Morgan fingerprint density at radius 1 is 1.09 bits per heavy atom. The Labute approximate surface area is 203 Å². The fraction of sp³-hybridized carbons (Fsp3) is 0.231. The van der Waals surface area contributed by atoms with Gasteiger partial charge in [0.1, 0.15) is 0 Å². The number of rotatable bonds is 9. The number of aliphatic carboxylic acids is 2. The molecule has 0 fully saturated rings. The van der Waals surface area contributed by atoms with E-state index in [4.69, 9.17) is 16.6 Å². The number of pyridine rings is 1. The summed E-state index contributed by atoms with van der Waals surface area (Å²) in [6, 6.07) is 12.2. The van der Waals surface area contributed by atoms with Crippen molar-refractivity contribution in [1.29, 1.82) is 0 Å². The highest BCUT2D eigenvalue weighted by molar-refractivity contribution is 5.89. The summed E-state index contributed by atoms with van der Waals surface area (Å²) < 4.78 is 2.16. The molecule has 0 saturated heterocycles. The SMILES string of the molecule is C#CCN(Cc1cn(N(CCC)c2ccncc2)c2ccccc12)C(C)=O.O=C(O)C=CC(=O)O. The number of carboxylic acids is 2. The van der Waals surface area contributed by atoms with Crippen LogP contribution in [0.1, 0.15) is 25.8 Å². The highest BCUT2D eigenvalue weighted by atomic mass is 16.4. The molecule has 9 nitrogen and oxygen atoms in total. The van der Waals surface area contributed by atoms with Gasteiger partial charge in [0.15, 0.2) is 0 Å². The minimum absolute atomic E-state index is 0.0238. The van der Waals surface area contributed by atoms with Crippen molar-refractivity contribution in [2.45, 2.75) is 26.8 Å². The van der Waals surface area contributed by atoms with E-state index < -0.39 is 11.9 Å². The van der Waals surface area contributed by atoms with Crippen molar-refractivity contribution in [3.8, 4) is 12.3 Å². The van der Waals surface area contributed by atoms with Gasteiger partial charge in [-0.3, -0.25) is 19.5 Å². The van der Waals surface area contributed by atoms with Crippen molar-refractivity contribution in [3.05, 3.63) is 72.7 Å². The molecule has 0 aliphatic carbocycles. The Bertz CT molecular complexity index is 1210. The number of anilines is 1. The normalized spacial score (nSPS) is 10.3. The minimum Gasteiger partial charge on any atom is -0.478 e. The fourth-order valence-corrected chi connectivity index (χ4v) is 3.38. The van der Waals surface area contributed by atoms with Crippen molar-refractivity contribution >= 4 is 34.4 Å². The lowest BCUT2D eigenvalue weighted by molar-refractivity contribution is -0.134. The summed E-state index contributed by atoms with van der Waals surface area (Å²) in [5.41, 5.74) is 3.25. The summed E-state index contributed by atoms with van der Waals surface area (Å²) in [5.74, 6) is 0.0362. The van der Waals surface area contributed by atoms with Gasteiger partial charge in [-0.2, -0.15) is 0 Å². The smallest absolute Gasteiger partial charge is 0.328 e. The number of carbonyl (C=O) groups is 3. The maximum absolute atomic E-state index is 11.9. The van der Waals surface area contributed by atoms with E-state index in [2.05, 4.69) is 45.8 Å². The van der Waals surface area contributed by atoms with Crippen LogP contribution >= 0.6 is 0 Å². The molecule has 0 spiro atoms. The van der Waals surface area contributed by atoms with Gasteiger partial charge in [0.25, 0.3) is 0 Å². The number of benzene rings is 1. The van der Waals surface area contributed by atoms with E-state index in [-0.39, 0.29) is 5.91 Å². The van der Waals surface area contributed by atoms with Crippen LogP contribution < -0.4 is 5.01 Å². The number of aromatic nitrogens is 2. The number of nitrogens with zero attached hydrogens (tertiary/aromatic N) is 4. The Balaban J connectivity index is 0.000000466. The van der Waals surface area contributed by atoms with Gasteiger partial charge in [-0.1, -0.05) is 31.0 Å². The predicted octanol–water partition coefficient (Wildman–Crippen LogP) is 3.41. The largest absolute Gasteiger partial charge is 0.478 e. The maximum atomic E-state index is 11.9. The molecular formula is C26H28N4O5. The second-order valence-electron chi connectivity index (χ2n) is 7.43. The van der Waals surface area contributed by atoms with Gasteiger partial charge in [-0.25, -0.2) is 9.59 Å². The van der Waals surface area contributed by atoms with Crippen molar-refractivity contribution in [2.75, 3.05) is 18.1 Å². The zero-order valence-electron chi connectivity index (χ0n) is 19.7. The topological polar surface area (TPSA) is 116 Å². The summed E-state index contributed by atoms with van der Waals surface area (Å²) in [6.45, 7) is 5.37. The number of fused-ring (bicyclic) bond motifs is 1. The summed E-state index contributed by atoms with van der Waals surface area (Å²) >= 11 is 0. The molecule has 35 heavy (non-hydrogen) atoms. The van der Waals surface area contributed by atoms with Crippen LogP contribution in [0.15, 0.2) is 67.1 Å². The number of carboxylic acid groups (broad SMARTS) is 2. The minimum atomic E-state index is -1.26. The molecule has 0 unspecified atom stereocenters. The molecule has 2 aromatic heterocycles. The molecule has 0 saturated carbocycles. The number of hydrogen-bond acceptors (Lipinski definition) is 5. The van der Waals surface area contributed by atoms with E-state index in [9.17, 15) is 14.4 Å². The second-order valence-corrected chi connectivity index (χ2v) is 7.43. The molecular weight excluding hydrogens is 448 g/mol. The van der Waals surface area contributed by atoms with Crippen LogP contribution in [0.4, 0.5) is 5.69 Å². The Morgan fingerprint density at radius 2 is 1.71 bits per heavy atom. The monoisotopic (exact) mass is 476 g/mol. The van der Waals surface area contributed by atoms with Crippen LogP contribution in [0.25, 0.3) is 10.9 Å². The van der Waals surface area contributed by atoms with Crippen LogP contribution in [0, 0.1) is 12.3 Å². The van der Waals surface area contributed by atoms with Gasteiger partial charge >= 0.3 is 11.9 Å². The average molecular weight is 477 g/mol. The van der Waals surface area contributed by atoms with Crippen molar-refractivity contribution < 1.29 is 24.6 Å². The van der Waals surface area contributed by atoms with Gasteiger partial charge in [0.05, 0.1) is 17.7 Å². The van der Waals surface area contributed by atoms with Crippen molar-refractivity contribution in [3.63, 3.8) is 0 Å². The zero-order valence-corrected chi connectivity index (χ0v) is 19.7. The molecule has 9 heteroatoms. The Kier molecular flexibility index (Phi) is 10.1. The molecule has 3 rings (SSSR count). The molecule has 2 N–H and O–H groups in total.